The lowest BCUT2D eigenvalue weighted by molar-refractivity contribution is -0.129. The summed E-state index contributed by atoms with van der Waals surface area (Å²) < 4.78 is 35.0. The van der Waals surface area contributed by atoms with Gasteiger partial charge in [-0.1, -0.05) is 13.8 Å². The Kier molecular flexibility index (Phi) is 7.50. The molecule has 1 amide bonds. The van der Waals surface area contributed by atoms with Crippen molar-refractivity contribution >= 4 is 17.4 Å². The van der Waals surface area contributed by atoms with Gasteiger partial charge in [-0.3, -0.25) is 14.5 Å². The van der Waals surface area contributed by atoms with Gasteiger partial charge < -0.3 is 14.5 Å². The molecule has 0 unspecified atom stereocenters. The van der Waals surface area contributed by atoms with Gasteiger partial charge in [0.25, 0.3) is 6.43 Å². The van der Waals surface area contributed by atoms with Crippen molar-refractivity contribution in [1.82, 2.24) is 19.7 Å². The van der Waals surface area contributed by atoms with Crippen LogP contribution in [0.2, 0.25) is 0 Å². The molecule has 1 saturated heterocycles. The van der Waals surface area contributed by atoms with E-state index in [4.69, 9.17) is 9.84 Å². The minimum absolute atomic E-state index is 0.0289. The van der Waals surface area contributed by atoms with Gasteiger partial charge in [0.15, 0.2) is 5.82 Å². The summed E-state index contributed by atoms with van der Waals surface area (Å²) in [5.74, 6) is 0.820. The molecule has 0 spiro atoms. The van der Waals surface area contributed by atoms with Crippen molar-refractivity contribution in [2.45, 2.75) is 78.8 Å². The topological polar surface area (TPSA) is 63.5 Å². The number of aromatic nitrogens is 3. The summed E-state index contributed by atoms with van der Waals surface area (Å²) in [5, 5.41) is 5.06. The highest BCUT2D eigenvalue weighted by Gasteiger charge is 2.34. The van der Waals surface area contributed by atoms with Gasteiger partial charge in [0.05, 0.1) is 24.0 Å². The number of alkyl halides is 2. The minimum Gasteiger partial charge on any atom is -0.381 e. The number of carbonyl (C=O) groups is 1. The van der Waals surface area contributed by atoms with Crippen molar-refractivity contribution in [2.24, 2.45) is 0 Å². The molecule has 0 saturated carbocycles. The second-order valence-electron chi connectivity index (χ2n) is 8.91. The van der Waals surface area contributed by atoms with Crippen LogP contribution in [-0.2, 0) is 28.9 Å². The average molecular weight is 476 g/mol. The smallest absolute Gasteiger partial charge is 0.265 e. The molecule has 0 radical (unpaired) electrons. The number of aryl methyl sites for hydroxylation is 2. The van der Waals surface area contributed by atoms with Crippen LogP contribution < -0.4 is 4.90 Å². The molecule has 0 aromatic carbocycles. The van der Waals surface area contributed by atoms with Crippen LogP contribution in [0, 0.1) is 6.92 Å². The van der Waals surface area contributed by atoms with E-state index < -0.39 is 6.43 Å². The van der Waals surface area contributed by atoms with Crippen molar-refractivity contribution in [2.75, 3.05) is 31.2 Å². The van der Waals surface area contributed by atoms with Crippen LogP contribution >= 0.6 is 0 Å². The van der Waals surface area contributed by atoms with E-state index in [1.165, 1.54) is 0 Å². The standard InChI is InChI=1S/C23H29F2N5O2.C2H6/c1-14-17(22(24)25)12-21-19(26-14)4-3-8-29(21)23-18-13-28(15(2)31)9-5-20(18)30(27-23)16-6-10-32-11-7-16;1-2/h12,16,22H,3-11,13H2,1-2H3;1-2H3. The molecule has 2 aromatic rings. The van der Waals surface area contributed by atoms with Crippen molar-refractivity contribution in [3.05, 3.63) is 34.3 Å². The first-order valence-electron chi connectivity index (χ1n) is 12.4. The first kappa shape index (κ1) is 24.6. The number of rotatable bonds is 3. The fraction of sp³-hybridized carbons (Fsp3) is 0.640. The summed E-state index contributed by atoms with van der Waals surface area (Å²) in [6, 6.07) is 1.85. The Labute approximate surface area is 200 Å². The number of fused-ring (bicyclic) bond motifs is 2. The maximum atomic E-state index is 13.7. The van der Waals surface area contributed by atoms with Gasteiger partial charge in [-0.15, -0.1) is 0 Å². The molecular weight excluding hydrogens is 440 g/mol. The highest BCUT2D eigenvalue weighted by molar-refractivity contribution is 5.75. The number of anilines is 2. The van der Waals surface area contributed by atoms with Crippen LogP contribution in [0.15, 0.2) is 6.07 Å². The van der Waals surface area contributed by atoms with Crippen molar-refractivity contribution in [3.8, 4) is 0 Å². The number of hydrogen-bond donors (Lipinski definition) is 0. The van der Waals surface area contributed by atoms with Crippen molar-refractivity contribution in [1.29, 1.82) is 0 Å². The van der Waals surface area contributed by atoms with Crippen LogP contribution in [-0.4, -0.2) is 51.9 Å². The zero-order chi connectivity index (χ0) is 24.4. The average Bonchev–Trinajstić information content (AvgIpc) is 3.23. The molecule has 3 aliphatic heterocycles. The maximum absolute atomic E-state index is 13.7. The third-order valence-electron chi connectivity index (χ3n) is 6.93. The van der Waals surface area contributed by atoms with Crippen LogP contribution in [0.5, 0.6) is 0 Å². The van der Waals surface area contributed by atoms with E-state index in [-0.39, 0.29) is 17.5 Å². The molecule has 7 nitrogen and oxygen atoms in total. The summed E-state index contributed by atoms with van der Waals surface area (Å²) in [7, 11) is 0. The van der Waals surface area contributed by atoms with E-state index in [0.29, 0.717) is 38.5 Å². The predicted octanol–water partition coefficient (Wildman–Crippen LogP) is 4.89. The molecule has 186 valence electrons. The fourth-order valence-electron chi connectivity index (χ4n) is 5.19. The molecule has 0 N–H and O–H groups in total. The molecule has 2 aromatic heterocycles. The lowest BCUT2D eigenvalue weighted by Gasteiger charge is -2.32. The van der Waals surface area contributed by atoms with Crippen LogP contribution in [0.25, 0.3) is 0 Å². The lowest BCUT2D eigenvalue weighted by Crippen LogP contribution is -2.36. The van der Waals surface area contributed by atoms with Crippen LogP contribution in [0.4, 0.5) is 20.3 Å². The molecule has 34 heavy (non-hydrogen) atoms. The number of pyridine rings is 1. The number of nitrogens with zero attached hydrogens (tertiary/aromatic N) is 5. The fourth-order valence-corrected chi connectivity index (χ4v) is 5.19. The zero-order valence-electron chi connectivity index (χ0n) is 20.6. The van der Waals surface area contributed by atoms with E-state index in [0.717, 1.165) is 60.6 Å². The largest absolute Gasteiger partial charge is 0.381 e. The molecule has 1 fully saturated rings. The number of halogens is 2. The van der Waals surface area contributed by atoms with E-state index in [9.17, 15) is 13.6 Å². The monoisotopic (exact) mass is 475 g/mol. The normalized spacial score (nSPS) is 18.3. The van der Waals surface area contributed by atoms with Crippen LogP contribution in [0.1, 0.15) is 80.7 Å². The Morgan fingerprint density at radius 2 is 1.91 bits per heavy atom. The predicted molar refractivity (Wildman–Crippen MR) is 127 cm³/mol. The van der Waals surface area contributed by atoms with Crippen LogP contribution in [0.3, 0.4) is 0 Å². The third kappa shape index (κ3) is 4.54. The Bertz CT molecular complexity index is 1030. The molecule has 0 bridgehead atoms. The summed E-state index contributed by atoms with van der Waals surface area (Å²) >= 11 is 0. The first-order valence-corrected chi connectivity index (χ1v) is 12.4. The molecule has 5 heterocycles. The van der Waals surface area contributed by atoms with E-state index >= 15 is 0 Å². The van der Waals surface area contributed by atoms with E-state index in [1.54, 1.807) is 19.9 Å². The second-order valence-corrected chi connectivity index (χ2v) is 8.91. The number of amides is 1. The van der Waals surface area contributed by atoms with Gasteiger partial charge in [0, 0.05) is 62.2 Å². The van der Waals surface area contributed by atoms with Gasteiger partial charge in [0.2, 0.25) is 5.91 Å². The molecule has 9 heteroatoms. The summed E-state index contributed by atoms with van der Waals surface area (Å²) in [5.41, 5.74) is 4.11. The molecule has 3 aliphatic rings. The molecule has 5 rings (SSSR count). The summed E-state index contributed by atoms with van der Waals surface area (Å²) in [4.78, 5) is 20.5. The number of ether oxygens (including phenoxy) is 1. The van der Waals surface area contributed by atoms with Gasteiger partial charge in [-0.25, -0.2) is 8.78 Å². The maximum Gasteiger partial charge on any atom is 0.265 e. The molecular formula is C25H35F2N5O2. The number of hydrogen-bond acceptors (Lipinski definition) is 5. The highest BCUT2D eigenvalue weighted by atomic mass is 19.3. The quantitative estimate of drug-likeness (QED) is 0.633. The Morgan fingerprint density at radius 1 is 1.18 bits per heavy atom. The minimum atomic E-state index is -2.57. The number of carbonyl (C=O) groups excluding carboxylic acids is 1. The third-order valence-corrected chi connectivity index (χ3v) is 6.93. The Hall–Kier alpha value is -2.55. The molecule has 0 atom stereocenters. The second kappa shape index (κ2) is 10.4. The van der Waals surface area contributed by atoms with Gasteiger partial charge >= 0.3 is 0 Å². The van der Waals surface area contributed by atoms with E-state index in [1.807, 2.05) is 18.7 Å². The SMILES string of the molecule is CC.CC(=O)N1CCc2c(c(N3CCCc4nc(C)c(C(F)F)cc43)nn2C2CCOCC2)C1. The Morgan fingerprint density at radius 3 is 2.59 bits per heavy atom. The van der Waals surface area contributed by atoms with Crippen molar-refractivity contribution < 1.29 is 18.3 Å². The van der Waals surface area contributed by atoms with Gasteiger partial charge in [-0.2, -0.15) is 5.10 Å². The van der Waals surface area contributed by atoms with Gasteiger partial charge in [-0.05, 0) is 38.7 Å². The van der Waals surface area contributed by atoms with E-state index in [2.05, 4.69) is 14.6 Å². The molecule has 0 aliphatic carbocycles. The van der Waals surface area contributed by atoms with Crippen molar-refractivity contribution in [3.63, 3.8) is 0 Å². The zero-order valence-corrected chi connectivity index (χ0v) is 20.6. The lowest BCUT2D eigenvalue weighted by atomic mass is 10.0. The Balaban J connectivity index is 0.00000133. The highest BCUT2D eigenvalue weighted by Crippen LogP contribution is 2.40. The summed E-state index contributed by atoms with van der Waals surface area (Å²) in [6.07, 6.45) is 1.61. The first-order chi connectivity index (χ1) is 16.4. The van der Waals surface area contributed by atoms with Gasteiger partial charge in [0.1, 0.15) is 0 Å². The summed E-state index contributed by atoms with van der Waals surface area (Å²) in [6.45, 7) is 10.5.